The quantitative estimate of drug-likeness (QED) is 0.703. The van der Waals surface area contributed by atoms with Gasteiger partial charge in [-0.3, -0.25) is 4.79 Å². The van der Waals surface area contributed by atoms with E-state index < -0.39 is 6.04 Å². The molecule has 0 saturated heterocycles. The number of nitrogens with one attached hydrogen (secondary N) is 1. The molecule has 1 amide bonds. The summed E-state index contributed by atoms with van der Waals surface area (Å²) < 4.78 is 0. The van der Waals surface area contributed by atoms with Crippen molar-refractivity contribution in [2.75, 3.05) is 6.54 Å². The van der Waals surface area contributed by atoms with Crippen LogP contribution in [0.25, 0.3) is 0 Å². The van der Waals surface area contributed by atoms with Crippen LogP contribution in [0.1, 0.15) is 20.3 Å². The molecule has 0 aromatic carbocycles. The second-order valence-electron chi connectivity index (χ2n) is 3.65. The average molecular weight is 194 g/mol. The fraction of sp³-hybridized carbons (Fsp3) is 0.545. The highest BCUT2D eigenvalue weighted by molar-refractivity contribution is 5.85. The van der Waals surface area contributed by atoms with E-state index >= 15 is 0 Å². The van der Waals surface area contributed by atoms with Crippen LogP contribution in [-0.4, -0.2) is 18.5 Å². The Labute approximate surface area is 85.1 Å². The van der Waals surface area contributed by atoms with E-state index in [4.69, 9.17) is 5.73 Å². The molecule has 1 aliphatic rings. The summed E-state index contributed by atoms with van der Waals surface area (Å²) >= 11 is 0. The summed E-state index contributed by atoms with van der Waals surface area (Å²) in [6, 6.07) is -0.515. The maximum atomic E-state index is 11.4. The van der Waals surface area contributed by atoms with Crippen LogP contribution in [0, 0.1) is 5.92 Å². The smallest absolute Gasteiger partial charge is 0.241 e. The first kappa shape index (κ1) is 11.0. The van der Waals surface area contributed by atoms with E-state index in [0.29, 0.717) is 12.5 Å². The van der Waals surface area contributed by atoms with Crippen molar-refractivity contribution < 1.29 is 4.79 Å². The molecule has 14 heavy (non-hydrogen) atoms. The van der Waals surface area contributed by atoms with Gasteiger partial charge in [0.25, 0.3) is 0 Å². The van der Waals surface area contributed by atoms with E-state index in [1.807, 2.05) is 19.1 Å². The molecule has 0 saturated carbocycles. The average Bonchev–Trinajstić information content (AvgIpc) is 2.18. The largest absolute Gasteiger partial charge is 0.355 e. The lowest BCUT2D eigenvalue weighted by atomic mass is 9.94. The number of likely N-dealkylation sites (N-methyl/N-ethyl adjacent to an activating group) is 1. The molecule has 1 rings (SSSR count). The maximum absolute atomic E-state index is 11.4. The second-order valence-corrected chi connectivity index (χ2v) is 3.65. The molecule has 3 heteroatoms. The zero-order valence-corrected chi connectivity index (χ0v) is 8.79. The number of carbonyl (C=O) groups is 1. The molecule has 2 unspecified atom stereocenters. The minimum absolute atomic E-state index is 0.0991. The van der Waals surface area contributed by atoms with Gasteiger partial charge in [0.2, 0.25) is 5.91 Å². The molecule has 0 aromatic heterocycles. The first-order valence-corrected chi connectivity index (χ1v) is 5.06. The van der Waals surface area contributed by atoms with Gasteiger partial charge in [0.05, 0.1) is 0 Å². The number of amides is 1. The van der Waals surface area contributed by atoms with Crippen molar-refractivity contribution in [2.45, 2.75) is 26.3 Å². The molecule has 0 fully saturated rings. The maximum Gasteiger partial charge on any atom is 0.241 e. The third-order valence-electron chi connectivity index (χ3n) is 2.34. The third kappa shape index (κ3) is 2.70. The molecule has 1 aliphatic carbocycles. The number of hydrogen-bond acceptors (Lipinski definition) is 2. The van der Waals surface area contributed by atoms with Crippen molar-refractivity contribution in [3.63, 3.8) is 0 Å². The van der Waals surface area contributed by atoms with Gasteiger partial charge in [-0.25, -0.2) is 0 Å². The van der Waals surface area contributed by atoms with Crippen molar-refractivity contribution in [1.82, 2.24) is 5.32 Å². The summed E-state index contributed by atoms with van der Waals surface area (Å²) in [6.07, 6.45) is 7.06. The van der Waals surface area contributed by atoms with Gasteiger partial charge in [-0.2, -0.15) is 0 Å². The minimum Gasteiger partial charge on any atom is -0.355 e. The SMILES string of the molecule is CCNC(=O)C(N)C1=CCC(C)C=C1. The van der Waals surface area contributed by atoms with Crippen LogP contribution in [0.15, 0.2) is 23.8 Å². The van der Waals surface area contributed by atoms with Crippen LogP contribution in [-0.2, 0) is 4.79 Å². The lowest BCUT2D eigenvalue weighted by Gasteiger charge is -2.17. The van der Waals surface area contributed by atoms with Crippen molar-refractivity contribution in [1.29, 1.82) is 0 Å². The molecular formula is C11H18N2O. The lowest BCUT2D eigenvalue weighted by molar-refractivity contribution is -0.121. The van der Waals surface area contributed by atoms with Crippen LogP contribution in [0.5, 0.6) is 0 Å². The van der Waals surface area contributed by atoms with Crippen LogP contribution in [0.4, 0.5) is 0 Å². The molecule has 0 bridgehead atoms. The molecule has 0 aromatic rings. The first-order chi connectivity index (χ1) is 6.65. The summed E-state index contributed by atoms with van der Waals surface area (Å²) in [5.41, 5.74) is 6.72. The highest BCUT2D eigenvalue weighted by atomic mass is 16.2. The van der Waals surface area contributed by atoms with Crippen molar-refractivity contribution >= 4 is 5.91 Å². The molecular weight excluding hydrogens is 176 g/mol. The van der Waals surface area contributed by atoms with Gasteiger partial charge in [-0.05, 0) is 24.8 Å². The van der Waals surface area contributed by atoms with Gasteiger partial charge < -0.3 is 11.1 Å². The van der Waals surface area contributed by atoms with Gasteiger partial charge >= 0.3 is 0 Å². The fourth-order valence-corrected chi connectivity index (χ4v) is 1.41. The Morgan fingerprint density at radius 3 is 3.00 bits per heavy atom. The Morgan fingerprint density at radius 2 is 2.50 bits per heavy atom. The predicted octanol–water partition coefficient (Wildman–Crippen LogP) is 0.972. The molecule has 3 N–H and O–H groups in total. The van der Waals surface area contributed by atoms with Crippen LogP contribution < -0.4 is 11.1 Å². The van der Waals surface area contributed by atoms with E-state index in [9.17, 15) is 4.79 Å². The standard InChI is InChI=1S/C11H18N2O/c1-3-13-11(14)10(12)9-6-4-8(2)5-7-9/h4,6-8,10H,3,5,12H2,1-2H3,(H,13,14). The van der Waals surface area contributed by atoms with E-state index in [0.717, 1.165) is 12.0 Å². The predicted molar refractivity (Wildman–Crippen MR) is 57.7 cm³/mol. The monoisotopic (exact) mass is 194 g/mol. The van der Waals surface area contributed by atoms with E-state index in [-0.39, 0.29) is 5.91 Å². The Balaban J connectivity index is 2.57. The minimum atomic E-state index is -0.515. The highest BCUT2D eigenvalue weighted by Crippen LogP contribution is 2.17. The zero-order chi connectivity index (χ0) is 10.6. The number of carbonyl (C=O) groups excluding carboxylic acids is 1. The van der Waals surface area contributed by atoms with Gasteiger partial charge in [-0.15, -0.1) is 0 Å². The zero-order valence-electron chi connectivity index (χ0n) is 8.79. The third-order valence-corrected chi connectivity index (χ3v) is 2.34. The molecule has 0 aliphatic heterocycles. The topological polar surface area (TPSA) is 55.1 Å². The summed E-state index contributed by atoms with van der Waals surface area (Å²) in [7, 11) is 0. The van der Waals surface area contributed by atoms with E-state index in [1.165, 1.54) is 0 Å². The Bertz CT molecular complexity index is 268. The molecule has 78 valence electrons. The van der Waals surface area contributed by atoms with Gasteiger partial charge in [0.1, 0.15) is 6.04 Å². The summed E-state index contributed by atoms with van der Waals surface area (Å²) in [4.78, 5) is 11.4. The summed E-state index contributed by atoms with van der Waals surface area (Å²) in [5, 5.41) is 2.72. The number of hydrogen-bond donors (Lipinski definition) is 2. The van der Waals surface area contributed by atoms with Crippen LogP contribution in [0.3, 0.4) is 0 Å². The van der Waals surface area contributed by atoms with E-state index in [1.54, 1.807) is 0 Å². The summed E-state index contributed by atoms with van der Waals surface area (Å²) in [5.74, 6) is 0.457. The van der Waals surface area contributed by atoms with Crippen LogP contribution >= 0.6 is 0 Å². The van der Waals surface area contributed by atoms with Crippen molar-refractivity contribution in [2.24, 2.45) is 11.7 Å². The highest BCUT2D eigenvalue weighted by Gasteiger charge is 2.17. The van der Waals surface area contributed by atoms with Gasteiger partial charge in [-0.1, -0.05) is 25.2 Å². The van der Waals surface area contributed by atoms with Crippen molar-refractivity contribution in [3.8, 4) is 0 Å². The molecule has 0 radical (unpaired) electrons. The molecule has 3 nitrogen and oxygen atoms in total. The van der Waals surface area contributed by atoms with Crippen LogP contribution in [0.2, 0.25) is 0 Å². The van der Waals surface area contributed by atoms with Gasteiger partial charge in [0.15, 0.2) is 0 Å². The van der Waals surface area contributed by atoms with Crippen molar-refractivity contribution in [3.05, 3.63) is 23.8 Å². The number of allylic oxidation sites excluding steroid dienone is 2. The first-order valence-electron chi connectivity index (χ1n) is 5.06. The number of rotatable bonds is 3. The Morgan fingerprint density at radius 1 is 1.79 bits per heavy atom. The fourth-order valence-electron chi connectivity index (χ4n) is 1.41. The normalized spacial score (nSPS) is 22.8. The summed E-state index contributed by atoms with van der Waals surface area (Å²) in [6.45, 7) is 4.65. The molecule has 0 spiro atoms. The second kappa shape index (κ2) is 4.96. The molecule has 2 atom stereocenters. The molecule has 0 heterocycles. The van der Waals surface area contributed by atoms with E-state index in [2.05, 4.69) is 18.3 Å². The Hall–Kier alpha value is -1.09. The number of nitrogens with two attached hydrogens (primary N) is 1. The van der Waals surface area contributed by atoms with Gasteiger partial charge in [0, 0.05) is 6.54 Å². The lowest BCUT2D eigenvalue weighted by Crippen LogP contribution is -2.41. The Kier molecular flexibility index (Phi) is 3.89.